The summed E-state index contributed by atoms with van der Waals surface area (Å²) in [6.45, 7) is 29.8. The standard InChI is InChI=1S/C30H61NO2SSi2/c1-14-36(15-2,16-3)33-27-18-17-22-30(11)25(19-20-26(27)30)24(4)21-23-34(32,28(5,6)7)31-35(12,13)29(8,9)10/h19,24,26-27H,14-18,20-23H2,1-13H3/t24-,26+,27+,30-,34-/m1/s1. The molecular formula is C30H61NO2SSi2. The van der Waals surface area contributed by atoms with Gasteiger partial charge in [0.2, 0.25) is 0 Å². The van der Waals surface area contributed by atoms with Gasteiger partial charge in [-0.1, -0.05) is 73.5 Å². The van der Waals surface area contributed by atoms with Crippen LogP contribution in [0.2, 0.25) is 36.3 Å². The van der Waals surface area contributed by atoms with E-state index in [1.807, 2.05) is 0 Å². The SMILES string of the molecule is CC[Si](CC)(CC)O[C@H]1CCC[C@]2(C)C([C@H](C)CC[S@](=O)(=N[Si](C)(C)C(C)(C)C)C(C)(C)C)=CC[C@@H]12. The van der Waals surface area contributed by atoms with Gasteiger partial charge >= 0.3 is 0 Å². The molecule has 0 saturated heterocycles. The molecule has 0 aliphatic heterocycles. The topological polar surface area (TPSA) is 38.7 Å². The number of nitrogens with zero attached hydrogens (tertiary/aromatic N) is 1. The second-order valence-corrected chi connectivity index (χ2v) is 27.7. The van der Waals surface area contributed by atoms with E-state index in [-0.39, 0.29) is 15.2 Å². The summed E-state index contributed by atoms with van der Waals surface area (Å²) >= 11 is 0. The van der Waals surface area contributed by atoms with Gasteiger partial charge in [-0.3, -0.25) is 8.24 Å². The van der Waals surface area contributed by atoms with Gasteiger partial charge in [0.25, 0.3) is 0 Å². The predicted molar refractivity (Wildman–Crippen MR) is 166 cm³/mol. The maximum atomic E-state index is 14.5. The Bertz CT molecular complexity index is 893. The Morgan fingerprint density at radius 1 is 1.11 bits per heavy atom. The third kappa shape index (κ3) is 6.44. The molecule has 0 aromatic heterocycles. The van der Waals surface area contributed by atoms with Crippen LogP contribution < -0.4 is 0 Å². The van der Waals surface area contributed by atoms with E-state index in [2.05, 4.69) is 95.3 Å². The highest BCUT2D eigenvalue weighted by Gasteiger charge is 2.50. The summed E-state index contributed by atoms with van der Waals surface area (Å²) in [7, 11) is -5.96. The van der Waals surface area contributed by atoms with Crippen LogP contribution >= 0.6 is 0 Å². The molecule has 0 radical (unpaired) electrons. The Hall–Kier alpha value is 0.0838. The molecule has 0 spiro atoms. The summed E-state index contributed by atoms with van der Waals surface area (Å²) in [5, 5.41) is 0.103. The average Bonchev–Trinajstić information content (AvgIpc) is 3.12. The second kappa shape index (κ2) is 11.3. The van der Waals surface area contributed by atoms with Crippen molar-refractivity contribution in [2.24, 2.45) is 21.3 Å². The van der Waals surface area contributed by atoms with Gasteiger partial charge in [0.1, 0.15) is 0 Å². The molecule has 6 heteroatoms. The summed E-state index contributed by atoms with van der Waals surface area (Å²) in [5.41, 5.74) is 1.86. The quantitative estimate of drug-likeness (QED) is 0.199. The van der Waals surface area contributed by atoms with Gasteiger partial charge in [0.15, 0.2) is 16.6 Å². The Morgan fingerprint density at radius 3 is 2.14 bits per heavy atom. The van der Waals surface area contributed by atoms with Gasteiger partial charge in [-0.15, -0.1) is 0 Å². The highest BCUT2D eigenvalue weighted by atomic mass is 32.2. The molecule has 2 rings (SSSR count). The number of hydrogen-bond acceptors (Lipinski definition) is 3. The van der Waals surface area contributed by atoms with Crippen LogP contribution in [0.15, 0.2) is 15.7 Å². The van der Waals surface area contributed by atoms with Crippen LogP contribution in [0.25, 0.3) is 0 Å². The molecule has 1 fully saturated rings. The molecule has 2 aliphatic carbocycles. The third-order valence-electron chi connectivity index (χ3n) is 10.6. The zero-order valence-corrected chi connectivity index (χ0v) is 29.2. The molecule has 0 unspecified atom stereocenters. The Labute approximate surface area is 228 Å². The van der Waals surface area contributed by atoms with Crippen molar-refractivity contribution in [3.05, 3.63) is 11.6 Å². The number of allylic oxidation sites excluding steroid dienone is 2. The van der Waals surface area contributed by atoms with E-state index in [1.54, 1.807) is 5.57 Å². The largest absolute Gasteiger partial charge is 0.414 e. The summed E-state index contributed by atoms with van der Waals surface area (Å²) in [4.78, 5) is 0. The van der Waals surface area contributed by atoms with Gasteiger partial charge in [-0.25, -0.2) is 0 Å². The predicted octanol–water partition coefficient (Wildman–Crippen LogP) is 9.81. The fourth-order valence-electron chi connectivity index (χ4n) is 6.44. The van der Waals surface area contributed by atoms with Gasteiger partial charge < -0.3 is 4.43 Å². The van der Waals surface area contributed by atoms with Crippen LogP contribution in [0.5, 0.6) is 0 Å². The molecule has 0 N–H and O–H groups in total. The van der Waals surface area contributed by atoms with Crippen molar-refractivity contribution in [1.29, 1.82) is 0 Å². The smallest absolute Gasteiger partial charge is 0.192 e. The monoisotopic (exact) mass is 555 g/mol. The van der Waals surface area contributed by atoms with E-state index < -0.39 is 26.3 Å². The van der Waals surface area contributed by atoms with Crippen LogP contribution in [0.1, 0.15) is 108 Å². The molecule has 2 aliphatic rings. The van der Waals surface area contributed by atoms with Crippen molar-refractivity contribution in [2.45, 2.75) is 155 Å². The van der Waals surface area contributed by atoms with Crippen LogP contribution in [-0.4, -0.2) is 37.4 Å². The van der Waals surface area contributed by atoms with E-state index in [0.29, 0.717) is 23.7 Å². The summed E-state index contributed by atoms with van der Waals surface area (Å²) in [6, 6.07) is 3.69. The van der Waals surface area contributed by atoms with E-state index in [0.717, 1.165) is 12.8 Å². The average molecular weight is 556 g/mol. The van der Waals surface area contributed by atoms with Crippen molar-refractivity contribution in [3.63, 3.8) is 0 Å². The number of fused-ring (bicyclic) bond motifs is 1. The Morgan fingerprint density at radius 2 is 1.67 bits per heavy atom. The molecule has 0 aromatic rings. The molecule has 0 bridgehead atoms. The second-order valence-electron chi connectivity index (χ2n) is 14.8. The lowest BCUT2D eigenvalue weighted by molar-refractivity contribution is 0.0176. The third-order valence-corrected chi connectivity index (χ3v) is 24.6. The normalized spacial score (nSPS) is 28.3. The molecule has 1 saturated carbocycles. The van der Waals surface area contributed by atoms with Gasteiger partial charge in [0.05, 0.1) is 0 Å². The molecule has 0 aromatic carbocycles. The Balaban J connectivity index is 2.26. The molecular weight excluding hydrogens is 495 g/mol. The maximum Gasteiger partial charge on any atom is 0.192 e. The van der Waals surface area contributed by atoms with Crippen molar-refractivity contribution in [2.75, 3.05) is 5.75 Å². The van der Waals surface area contributed by atoms with Crippen molar-refractivity contribution in [1.82, 2.24) is 0 Å². The fourth-order valence-corrected chi connectivity index (χ4v) is 16.2. The lowest BCUT2D eigenvalue weighted by Crippen LogP contribution is -2.48. The first kappa shape index (κ1) is 32.3. The molecule has 3 nitrogen and oxygen atoms in total. The lowest BCUT2D eigenvalue weighted by Gasteiger charge is -2.48. The summed E-state index contributed by atoms with van der Waals surface area (Å²) < 4.78 is 26.6. The molecule has 0 heterocycles. The minimum atomic E-state index is -2.32. The number of rotatable bonds is 10. The summed E-state index contributed by atoms with van der Waals surface area (Å²) in [5.74, 6) is 1.77. The van der Waals surface area contributed by atoms with E-state index in [1.165, 1.54) is 37.4 Å². The Kier molecular flexibility index (Phi) is 10.1. The minimum absolute atomic E-state index is 0.103. The number of hydrogen-bond donors (Lipinski definition) is 0. The highest BCUT2D eigenvalue weighted by molar-refractivity contribution is 7.95. The zero-order chi connectivity index (χ0) is 27.8. The van der Waals surface area contributed by atoms with E-state index >= 15 is 0 Å². The molecule has 212 valence electrons. The van der Waals surface area contributed by atoms with Crippen LogP contribution in [0.3, 0.4) is 0 Å². The van der Waals surface area contributed by atoms with Crippen LogP contribution in [0, 0.1) is 17.3 Å². The maximum absolute atomic E-state index is 14.5. The first-order valence-electron chi connectivity index (χ1n) is 15.0. The highest BCUT2D eigenvalue weighted by Crippen LogP contribution is 2.56. The lowest BCUT2D eigenvalue weighted by atomic mass is 9.63. The van der Waals surface area contributed by atoms with E-state index in [9.17, 15) is 4.21 Å². The van der Waals surface area contributed by atoms with Crippen molar-refractivity contribution in [3.8, 4) is 0 Å². The van der Waals surface area contributed by atoms with E-state index in [4.69, 9.17) is 8.45 Å². The van der Waals surface area contributed by atoms with Gasteiger partial charge in [-0.05, 0) is 100.0 Å². The van der Waals surface area contributed by atoms with Crippen molar-refractivity contribution >= 4 is 26.3 Å². The summed E-state index contributed by atoms with van der Waals surface area (Å²) in [6.07, 6.45) is 8.88. The first-order valence-corrected chi connectivity index (χ1v) is 22.1. The molecule has 36 heavy (non-hydrogen) atoms. The van der Waals surface area contributed by atoms with Crippen molar-refractivity contribution < 1.29 is 8.63 Å². The minimum Gasteiger partial charge on any atom is -0.414 e. The fraction of sp³-hybridized carbons (Fsp3) is 0.933. The van der Waals surface area contributed by atoms with Gasteiger partial charge in [0, 0.05) is 26.3 Å². The first-order chi connectivity index (χ1) is 16.3. The molecule has 0 amide bonds. The van der Waals surface area contributed by atoms with Crippen LogP contribution in [0.4, 0.5) is 0 Å². The zero-order valence-electron chi connectivity index (χ0n) is 26.3. The van der Waals surface area contributed by atoms with Crippen LogP contribution in [-0.2, 0) is 14.2 Å². The van der Waals surface area contributed by atoms with Gasteiger partial charge in [-0.2, -0.15) is 0 Å². The molecule has 5 atom stereocenters.